The fraction of sp³-hybridized carbons (Fsp3) is 0.242. The van der Waals surface area contributed by atoms with E-state index in [9.17, 15) is 46.8 Å². The van der Waals surface area contributed by atoms with Gasteiger partial charge in [-0.05, 0) is 107 Å². The number of benzene rings is 4. The molecule has 0 bridgehead atoms. The van der Waals surface area contributed by atoms with Crippen LogP contribution in [0, 0.1) is 38.5 Å². The monoisotopic (exact) mass is 939 g/mol. The summed E-state index contributed by atoms with van der Waals surface area (Å²) in [5.74, 6) is -0.0219. The first-order valence-electron chi connectivity index (χ1n) is 15.3. The first-order chi connectivity index (χ1) is 25.0. The maximum absolute atomic E-state index is 12.8. The third-order valence-electron chi connectivity index (χ3n) is 6.69. The molecule has 0 aliphatic rings. The molecule has 0 N–H and O–H groups in total. The van der Waals surface area contributed by atoms with Crippen LogP contribution in [0.25, 0.3) is 9.95 Å². The number of nitrogens with zero attached hydrogens (tertiary/aromatic N) is 5. The Balaban J connectivity index is 0. The third-order valence-corrected chi connectivity index (χ3v) is 9.58. The molecule has 4 rings (SSSR count). The summed E-state index contributed by atoms with van der Waals surface area (Å²) in [5.41, 5.74) is 5.69. The van der Waals surface area contributed by atoms with E-state index in [-0.39, 0.29) is 15.3 Å². The number of hydrogen-bond acceptors (Lipinski definition) is 5. The first-order valence-corrected chi connectivity index (χ1v) is 21.1. The molecule has 0 spiro atoms. The zero-order valence-electron chi connectivity index (χ0n) is 30.4. The van der Waals surface area contributed by atoms with Crippen LogP contribution in [0.5, 0.6) is 0 Å². The van der Waals surface area contributed by atoms with Gasteiger partial charge in [0.15, 0.2) is 9.95 Å². The summed E-state index contributed by atoms with van der Waals surface area (Å²) in [5, 5.41) is 19.2. The van der Waals surface area contributed by atoms with E-state index in [1.165, 1.54) is 11.8 Å². The molecule has 57 heavy (non-hydrogen) atoms. The van der Waals surface area contributed by atoms with E-state index < -0.39 is 16.3 Å². The van der Waals surface area contributed by atoms with E-state index in [0.717, 1.165) is 46.9 Å². The molecule has 0 aromatic heterocycles. The van der Waals surface area contributed by atoms with Gasteiger partial charge in [0.1, 0.15) is 0 Å². The first kappa shape index (κ1) is 55.6. The zero-order chi connectivity index (χ0) is 42.6. The summed E-state index contributed by atoms with van der Waals surface area (Å²) in [6, 6.07) is 20.9. The van der Waals surface area contributed by atoms with Crippen LogP contribution in [0.2, 0.25) is 10.0 Å². The maximum atomic E-state index is 12.8. The van der Waals surface area contributed by atoms with Gasteiger partial charge in [0.2, 0.25) is 10.8 Å². The van der Waals surface area contributed by atoms with Crippen LogP contribution in [-0.4, -0.2) is 23.9 Å². The third kappa shape index (κ3) is 23.5. The van der Waals surface area contributed by atoms with E-state index in [4.69, 9.17) is 34.0 Å². The Kier molecular flexibility index (Phi) is 22.0. The van der Waals surface area contributed by atoms with Crippen LogP contribution in [0.4, 0.5) is 53.3 Å². The molecule has 1 amide bonds. The fourth-order valence-electron chi connectivity index (χ4n) is 4.17. The molecular weight excluding hydrogens is 907 g/mol. The number of carbonyl (C=O) groups is 1. The minimum atomic E-state index is -8.55. The van der Waals surface area contributed by atoms with Gasteiger partial charge < -0.3 is 14.3 Å². The van der Waals surface area contributed by atoms with Crippen molar-refractivity contribution >= 4 is 80.3 Å². The van der Waals surface area contributed by atoms with Crippen molar-refractivity contribution in [2.75, 3.05) is 13.1 Å². The number of hydrogen-bond donors (Lipinski definition) is 0. The number of diazo groups is 2. The second kappa shape index (κ2) is 22.6. The summed E-state index contributed by atoms with van der Waals surface area (Å²) in [6.45, 7) is 13.0. The van der Waals surface area contributed by atoms with Crippen LogP contribution < -0.4 is 9.41 Å². The SMILES string of the molecule is CCN(CC)C(=O)c1cc(Cl)ccc1Sc1cc(C)c([N+]#N)cc1C.Cc1cc(Sc2ccc(Cl)cc2)c(C)cc1[N+]#N.FP(F)(F)(F)F.FP(F)(F)(F)F.[F-].[F-]. The van der Waals surface area contributed by atoms with Crippen molar-refractivity contribution in [2.24, 2.45) is 0 Å². The molecular formula is C33H33Cl2F12N5OP2S2. The van der Waals surface area contributed by atoms with Gasteiger partial charge >= 0.3 is 69.7 Å². The summed E-state index contributed by atoms with van der Waals surface area (Å²) in [7, 11) is -17.1. The van der Waals surface area contributed by atoms with Crippen molar-refractivity contribution in [1.29, 1.82) is 10.8 Å². The Bertz CT molecular complexity index is 2020. The van der Waals surface area contributed by atoms with Crippen molar-refractivity contribution in [3.05, 3.63) is 115 Å². The molecule has 0 fully saturated rings. The van der Waals surface area contributed by atoms with Gasteiger partial charge in [0.25, 0.3) is 5.91 Å². The van der Waals surface area contributed by atoms with Crippen LogP contribution in [0.15, 0.2) is 86.3 Å². The molecule has 6 nitrogen and oxygen atoms in total. The molecule has 0 aliphatic heterocycles. The number of rotatable bonds is 7. The van der Waals surface area contributed by atoms with Crippen molar-refractivity contribution in [1.82, 2.24) is 4.90 Å². The molecule has 0 saturated heterocycles. The summed E-state index contributed by atoms with van der Waals surface area (Å²) in [4.78, 5) is 25.3. The maximum Gasteiger partial charge on any atom is -1.00 e. The van der Waals surface area contributed by atoms with Crippen molar-refractivity contribution in [3.63, 3.8) is 0 Å². The average Bonchev–Trinajstić information content (AvgIpc) is 3.04. The van der Waals surface area contributed by atoms with E-state index >= 15 is 0 Å². The van der Waals surface area contributed by atoms with Gasteiger partial charge in [0.05, 0.1) is 5.56 Å². The van der Waals surface area contributed by atoms with E-state index in [0.29, 0.717) is 35.1 Å². The fourth-order valence-corrected chi connectivity index (χ4v) is 6.54. The quantitative estimate of drug-likeness (QED) is 0.105. The number of carbonyl (C=O) groups excluding carboxylic acids is 1. The van der Waals surface area contributed by atoms with Crippen LogP contribution in [0.1, 0.15) is 46.5 Å². The van der Waals surface area contributed by atoms with Gasteiger partial charge in [0, 0.05) is 66.0 Å². The molecule has 316 valence electrons. The van der Waals surface area contributed by atoms with Gasteiger partial charge in [-0.3, -0.25) is 4.79 Å². The second-order valence-corrected chi connectivity index (χ2v) is 16.7. The van der Waals surface area contributed by atoms with Crippen LogP contribution in [0.3, 0.4) is 0 Å². The number of amides is 1. The molecule has 4 aromatic carbocycles. The molecule has 4 aromatic rings. The van der Waals surface area contributed by atoms with Gasteiger partial charge in [-0.15, -0.1) is 0 Å². The predicted octanol–water partition coefficient (Wildman–Crippen LogP) is 11.6. The van der Waals surface area contributed by atoms with Crippen LogP contribution in [-0.2, 0) is 0 Å². The standard InChI is InChI=1S/C19H21ClN3OS.C14H12ClN2S.2F5P.2FH/c1-5-23(6-2)19(24)15-11-14(20)7-8-17(15)25-18-10-12(3)16(22-21)9-13(18)4;1-9-8-14(10(2)7-13(9)17-16)18-12-5-3-11(15)4-6-12;2*1-6(2,3,4)5;;/h7-11H,5-6H2,1-4H3;3-8H,1-2H3;;;2*1H/q2*+1;;;;/p-2. The van der Waals surface area contributed by atoms with Crippen LogP contribution >= 0.6 is 63.0 Å². The van der Waals surface area contributed by atoms with E-state index in [2.05, 4.69) is 9.95 Å². The van der Waals surface area contributed by atoms with Gasteiger partial charge in [-0.1, -0.05) is 46.7 Å². The molecule has 0 heterocycles. The summed E-state index contributed by atoms with van der Waals surface area (Å²) < 4.78 is 98.4. The van der Waals surface area contributed by atoms with E-state index in [1.807, 2.05) is 96.1 Å². The van der Waals surface area contributed by atoms with Gasteiger partial charge in [-0.2, -0.15) is 0 Å². The Morgan fingerprint density at radius 3 is 1.33 bits per heavy atom. The average molecular weight is 941 g/mol. The smallest absolute Gasteiger partial charge is 1.00 e. The molecule has 0 aliphatic carbocycles. The zero-order valence-corrected chi connectivity index (χ0v) is 35.3. The minimum absolute atomic E-state index is 0. The summed E-state index contributed by atoms with van der Waals surface area (Å²) >= 11 is 15.2. The second-order valence-electron chi connectivity index (χ2n) is 11.1. The van der Waals surface area contributed by atoms with Crippen molar-refractivity contribution in [3.8, 4) is 0 Å². The largest absolute Gasteiger partial charge is 1.00 e. The molecule has 0 unspecified atom stereocenters. The van der Waals surface area contributed by atoms with Crippen molar-refractivity contribution < 1.29 is 56.2 Å². The Morgan fingerprint density at radius 2 is 0.965 bits per heavy atom. The number of aryl methyl sites for hydroxylation is 4. The molecule has 0 radical (unpaired) electrons. The predicted molar refractivity (Wildman–Crippen MR) is 205 cm³/mol. The Hall–Kier alpha value is -3.51. The van der Waals surface area contributed by atoms with Crippen molar-refractivity contribution in [2.45, 2.75) is 61.1 Å². The Labute approximate surface area is 339 Å². The Morgan fingerprint density at radius 1 is 0.596 bits per heavy atom. The molecule has 0 saturated carbocycles. The number of halogens is 14. The normalized spacial score (nSPS) is 11.8. The molecule has 0 atom stereocenters. The minimum Gasteiger partial charge on any atom is -1.00 e. The topological polar surface area (TPSA) is 76.6 Å². The summed E-state index contributed by atoms with van der Waals surface area (Å²) in [6.07, 6.45) is 0. The molecule has 24 heteroatoms. The van der Waals surface area contributed by atoms with E-state index in [1.54, 1.807) is 28.8 Å². The van der Waals surface area contributed by atoms with Gasteiger partial charge in [-0.25, -0.2) is 0 Å².